The highest BCUT2D eigenvalue weighted by Gasteiger charge is 1.99. The Morgan fingerprint density at radius 1 is 1.10 bits per heavy atom. The van der Waals surface area contributed by atoms with Crippen LogP contribution >= 0.6 is 33.0 Å². The van der Waals surface area contributed by atoms with Gasteiger partial charge >= 0.3 is 8.26 Å². The maximum Gasteiger partial charge on any atom is 0.317 e. The molecule has 0 fully saturated rings. The molecule has 0 aromatic carbocycles. The molecule has 0 aromatic heterocycles. The Balaban J connectivity index is 0. The molecular formula is C4H9Cl3O2S. The van der Waals surface area contributed by atoms with Gasteiger partial charge in [-0.1, -0.05) is 0 Å². The van der Waals surface area contributed by atoms with Crippen molar-refractivity contribution in [2.75, 3.05) is 0 Å². The van der Waals surface area contributed by atoms with Gasteiger partial charge in [-0.15, -0.1) is 11.6 Å². The van der Waals surface area contributed by atoms with Crippen molar-refractivity contribution in [1.29, 1.82) is 0 Å². The van der Waals surface area contributed by atoms with Gasteiger partial charge < -0.3 is 0 Å². The van der Waals surface area contributed by atoms with E-state index in [4.69, 9.17) is 20.0 Å². The van der Waals surface area contributed by atoms with Crippen molar-refractivity contribution in [2.45, 2.75) is 25.6 Å². The maximum atomic E-state index is 9.16. The Morgan fingerprint density at radius 2 is 1.10 bits per heavy atom. The largest absolute Gasteiger partial charge is 0.317 e. The molecule has 0 bridgehead atoms. The van der Waals surface area contributed by atoms with Crippen LogP contribution in [0.5, 0.6) is 0 Å². The number of rotatable bonds is 0. The molecule has 0 radical (unpaired) electrons. The summed E-state index contributed by atoms with van der Waals surface area (Å²) in [5, 5.41) is 0. The second-order valence-corrected chi connectivity index (χ2v) is 7.25. The highest BCUT2D eigenvalue weighted by atomic mass is 36.0. The monoisotopic (exact) mass is 226 g/mol. The molecule has 0 atom stereocenters. The fourth-order valence-electron chi connectivity index (χ4n) is 0. The van der Waals surface area contributed by atoms with Gasteiger partial charge in [0.15, 0.2) is 0 Å². The minimum absolute atomic E-state index is 0.0278. The number of halogens is 3. The summed E-state index contributed by atoms with van der Waals surface area (Å²) in [6.07, 6.45) is 0. The Morgan fingerprint density at radius 3 is 1.10 bits per heavy atom. The molecule has 0 N–H and O–H groups in total. The van der Waals surface area contributed by atoms with E-state index in [-0.39, 0.29) is 4.87 Å². The van der Waals surface area contributed by atoms with Crippen LogP contribution in [-0.2, 0) is 8.26 Å². The van der Waals surface area contributed by atoms with Crippen LogP contribution in [0.25, 0.3) is 0 Å². The van der Waals surface area contributed by atoms with Gasteiger partial charge in [-0.3, -0.25) is 0 Å². The van der Waals surface area contributed by atoms with Gasteiger partial charge in [0, 0.05) is 26.2 Å². The average Bonchev–Trinajstić information content (AvgIpc) is 1.12. The van der Waals surface area contributed by atoms with E-state index in [9.17, 15) is 0 Å². The van der Waals surface area contributed by atoms with Crippen molar-refractivity contribution in [3.05, 3.63) is 0 Å². The summed E-state index contributed by atoms with van der Waals surface area (Å²) in [6, 6.07) is 0. The van der Waals surface area contributed by atoms with Crippen molar-refractivity contribution in [3.63, 3.8) is 0 Å². The van der Waals surface area contributed by atoms with Crippen molar-refractivity contribution >= 4 is 41.2 Å². The smallest absolute Gasteiger partial charge is 0.195 e. The molecule has 2 nitrogen and oxygen atoms in total. The quantitative estimate of drug-likeness (QED) is 0.471. The second kappa shape index (κ2) is 4.65. The van der Waals surface area contributed by atoms with Crippen molar-refractivity contribution < 1.29 is 8.42 Å². The fraction of sp³-hybridized carbons (Fsp3) is 1.00. The summed E-state index contributed by atoms with van der Waals surface area (Å²) < 4.78 is 18.3. The molecular weight excluding hydrogens is 218 g/mol. The zero-order valence-electron chi connectivity index (χ0n) is 5.86. The van der Waals surface area contributed by atoms with Gasteiger partial charge in [-0.2, -0.15) is 8.42 Å². The molecule has 0 heterocycles. The minimum Gasteiger partial charge on any atom is -0.195 e. The Labute approximate surface area is 75.4 Å². The SMILES string of the molecule is CC(C)(C)Cl.O=S(=O)(Cl)Cl. The summed E-state index contributed by atoms with van der Waals surface area (Å²) in [6.45, 7) is 5.86. The van der Waals surface area contributed by atoms with Gasteiger partial charge in [0.2, 0.25) is 0 Å². The summed E-state index contributed by atoms with van der Waals surface area (Å²) >= 11 is 5.53. The van der Waals surface area contributed by atoms with Crippen molar-refractivity contribution in [1.82, 2.24) is 0 Å². The van der Waals surface area contributed by atoms with Crippen molar-refractivity contribution in [2.24, 2.45) is 0 Å². The minimum atomic E-state index is -3.72. The summed E-state index contributed by atoms with van der Waals surface area (Å²) in [7, 11) is 4.81. The number of hydrogen-bond acceptors (Lipinski definition) is 2. The van der Waals surface area contributed by atoms with E-state index in [1.165, 1.54) is 0 Å². The van der Waals surface area contributed by atoms with Crippen LogP contribution in [0.2, 0.25) is 0 Å². The number of alkyl halides is 1. The predicted octanol–water partition coefficient (Wildman–Crippen LogP) is 2.73. The Kier molecular flexibility index (Phi) is 6.23. The lowest BCUT2D eigenvalue weighted by atomic mass is 10.3. The molecule has 0 aliphatic rings. The lowest BCUT2D eigenvalue weighted by Crippen LogP contribution is -1.99. The molecule has 10 heavy (non-hydrogen) atoms. The first-order valence-corrected chi connectivity index (χ1v) is 5.84. The molecule has 0 aliphatic carbocycles. The van der Waals surface area contributed by atoms with E-state index < -0.39 is 8.26 Å². The van der Waals surface area contributed by atoms with Gasteiger partial charge in [0.05, 0.1) is 0 Å². The highest BCUT2D eigenvalue weighted by molar-refractivity contribution is 8.31. The van der Waals surface area contributed by atoms with E-state index in [0.717, 1.165) is 0 Å². The van der Waals surface area contributed by atoms with Gasteiger partial charge in [-0.05, 0) is 20.8 Å². The third-order valence-electron chi connectivity index (χ3n) is 0. The second-order valence-electron chi connectivity index (χ2n) is 2.45. The highest BCUT2D eigenvalue weighted by Crippen LogP contribution is 2.07. The molecule has 0 saturated heterocycles. The van der Waals surface area contributed by atoms with Crippen LogP contribution in [0.4, 0.5) is 0 Å². The van der Waals surface area contributed by atoms with Crippen LogP contribution in [-0.4, -0.2) is 13.3 Å². The zero-order chi connectivity index (χ0) is 9.00. The topological polar surface area (TPSA) is 34.1 Å². The van der Waals surface area contributed by atoms with Crippen LogP contribution in [0.15, 0.2) is 0 Å². The Hall–Kier alpha value is 0.820. The van der Waals surface area contributed by atoms with Gasteiger partial charge in [-0.25, -0.2) is 0 Å². The van der Waals surface area contributed by atoms with Crippen LogP contribution in [0, 0.1) is 0 Å². The van der Waals surface area contributed by atoms with Crippen LogP contribution in [0.1, 0.15) is 20.8 Å². The standard InChI is InChI=1S/C4H9Cl.Cl2O2S/c1-4(2,3)5;1-5(2,3)4/h1-3H3;. The Bertz CT molecular complexity index is 153. The molecule has 0 saturated carbocycles. The molecule has 0 amide bonds. The van der Waals surface area contributed by atoms with Crippen LogP contribution < -0.4 is 0 Å². The first kappa shape index (κ1) is 13.4. The predicted molar refractivity (Wildman–Crippen MR) is 46.2 cm³/mol. The molecule has 0 unspecified atom stereocenters. The maximum absolute atomic E-state index is 9.16. The average molecular weight is 228 g/mol. The molecule has 0 rings (SSSR count). The number of hydrogen-bond donors (Lipinski definition) is 0. The van der Waals surface area contributed by atoms with Crippen LogP contribution in [0.3, 0.4) is 0 Å². The first-order chi connectivity index (χ1) is 4.00. The van der Waals surface area contributed by atoms with E-state index in [0.29, 0.717) is 0 Å². The zero-order valence-corrected chi connectivity index (χ0v) is 8.94. The van der Waals surface area contributed by atoms with Gasteiger partial charge in [0.1, 0.15) is 0 Å². The molecule has 6 heteroatoms. The third-order valence-corrected chi connectivity index (χ3v) is 0. The molecule has 64 valence electrons. The third kappa shape index (κ3) is 802. The fourth-order valence-corrected chi connectivity index (χ4v) is 0. The van der Waals surface area contributed by atoms with E-state index in [2.05, 4.69) is 21.4 Å². The van der Waals surface area contributed by atoms with E-state index >= 15 is 0 Å². The van der Waals surface area contributed by atoms with E-state index in [1.807, 2.05) is 20.8 Å². The summed E-state index contributed by atoms with van der Waals surface area (Å²) in [5.41, 5.74) is 0. The summed E-state index contributed by atoms with van der Waals surface area (Å²) in [4.78, 5) is -0.0278. The first-order valence-electron chi connectivity index (χ1n) is 2.33. The summed E-state index contributed by atoms with van der Waals surface area (Å²) in [5.74, 6) is 0. The molecule has 0 spiro atoms. The normalized spacial score (nSPS) is 11.8. The lowest BCUT2D eigenvalue weighted by Gasteiger charge is -2.01. The van der Waals surface area contributed by atoms with Crippen molar-refractivity contribution in [3.8, 4) is 0 Å². The molecule has 0 aliphatic heterocycles. The molecule has 0 aromatic rings. The van der Waals surface area contributed by atoms with E-state index in [1.54, 1.807) is 0 Å². The lowest BCUT2D eigenvalue weighted by molar-refractivity contribution is 0.621. The van der Waals surface area contributed by atoms with Gasteiger partial charge in [0.25, 0.3) is 0 Å².